The summed E-state index contributed by atoms with van der Waals surface area (Å²) >= 11 is 1.77. The molecule has 1 fully saturated rings. The topological polar surface area (TPSA) is 71.1 Å². The SMILES string of the molecule is CCNc1ncccc1S(=O)(=O)NCC1(SC)CCCC1. The van der Waals surface area contributed by atoms with Gasteiger partial charge in [0.25, 0.3) is 0 Å². The Morgan fingerprint density at radius 2 is 2.10 bits per heavy atom. The standard InChI is InChI=1S/C14H23N3O2S2/c1-3-15-13-12(7-6-10-16-13)21(18,19)17-11-14(20-2)8-4-5-9-14/h6-7,10,17H,3-5,8-9,11H2,1-2H3,(H,15,16). The molecule has 0 spiro atoms. The van der Waals surface area contributed by atoms with Crippen LogP contribution in [0.1, 0.15) is 32.6 Å². The first kappa shape index (κ1) is 16.6. The molecular formula is C14H23N3O2S2. The minimum atomic E-state index is -3.54. The zero-order chi connectivity index (χ0) is 15.3. The van der Waals surface area contributed by atoms with Crippen molar-refractivity contribution < 1.29 is 8.42 Å². The Morgan fingerprint density at radius 1 is 1.38 bits per heavy atom. The molecule has 5 nitrogen and oxygen atoms in total. The summed E-state index contributed by atoms with van der Waals surface area (Å²) in [4.78, 5) is 4.34. The summed E-state index contributed by atoms with van der Waals surface area (Å²) in [6.45, 7) is 3.03. The van der Waals surface area contributed by atoms with Gasteiger partial charge in [-0.25, -0.2) is 18.1 Å². The average molecular weight is 329 g/mol. The van der Waals surface area contributed by atoms with Crippen molar-refractivity contribution in [1.82, 2.24) is 9.71 Å². The third kappa shape index (κ3) is 3.90. The Bertz CT molecular complexity index is 569. The molecule has 2 rings (SSSR count). The molecule has 0 atom stereocenters. The summed E-state index contributed by atoms with van der Waals surface area (Å²) < 4.78 is 27.9. The van der Waals surface area contributed by atoms with Crippen LogP contribution in [0.5, 0.6) is 0 Å². The van der Waals surface area contributed by atoms with E-state index in [4.69, 9.17) is 0 Å². The number of aromatic nitrogens is 1. The van der Waals surface area contributed by atoms with Crippen LogP contribution in [0.25, 0.3) is 0 Å². The van der Waals surface area contributed by atoms with Gasteiger partial charge in [-0.1, -0.05) is 12.8 Å². The lowest BCUT2D eigenvalue weighted by atomic mass is 10.1. The molecule has 7 heteroatoms. The number of hydrogen-bond donors (Lipinski definition) is 2. The molecule has 1 aromatic heterocycles. The average Bonchev–Trinajstić information content (AvgIpc) is 2.96. The van der Waals surface area contributed by atoms with E-state index in [-0.39, 0.29) is 9.64 Å². The maximum atomic E-state index is 12.5. The summed E-state index contributed by atoms with van der Waals surface area (Å²) in [5, 5.41) is 3.00. The molecular weight excluding hydrogens is 306 g/mol. The summed E-state index contributed by atoms with van der Waals surface area (Å²) in [5.41, 5.74) is 0. The second kappa shape index (κ2) is 6.98. The molecule has 1 aliphatic rings. The maximum absolute atomic E-state index is 12.5. The van der Waals surface area contributed by atoms with E-state index in [1.54, 1.807) is 30.1 Å². The van der Waals surface area contributed by atoms with Crippen molar-refractivity contribution in [3.05, 3.63) is 18.3 Å². The molecule has 1 heterocycles. The summed E-state index contributed by atoms with van der Waals surface area (Å²) in [6, 6.07) is 3.24. The minimum Gasteiger partial charge on any atom is -0.369 e. The molecule has 0 radical (unpaired) electrons. The Kier molecular flexibility index (Phi) is 5.51. The smallest absolute Gasteiger partial charge is 0.244 e. The zero-order valence-corrected chi connectivity index (χ0v) is 14.2. The fourth-order valence-electron chi connectivity index (χ4n) is 2.68. The fourth-order valence-corrected chi connectivity index (χ4v) is 4.95. The number of thioether (sulfide) groups is 1. The first-order valence-corrected chi connectivity index (χ1v) is 9.97. The molecule has 1 aromatic rings. The van der Waals surface area contributed by atoms with Crippen LogP contribution < -0.4 is 10.0 Å². The molecule has 0 aromatic carbocycles. The quantitative estimate of drug-likeness (QED) is 0.804. The van der Waals surface area contributed by atoms with Crippen molar-refractivity contribution in [2.45, 2.75) is 42.2 Å². The number of nitrogens with one attached hydrogen (secondary N) is 2. The van der Waals surface area contributed by atoms with Gasteiger partial charge in [0.15, 0.2) is 0 Å². The van der Waals surface area contributed by atoms with Gasteiger partial charge in [-0.05, 0) is 38.2 Å². The third-order valence-electron chi connectivity index (χ3n) is 3.94. The summed E-state index contributed by atoms with van der Waals surface area (Å²) in [5.74, 6) is 0.414. The van der Waals surface area contributed by atoms with E-state index in [0.717, 1.165) is 12.8 Å². The highest BCUT2D eigenvalue weighted by molar-refractivity contribution is 8.00. The highest BCUT2D eigenvalue weighted by Crippen LogP contribution is 2.39. The third-order valence-corrected chi connectivity index (χ3v) is 6.79. The molecule has 21 heavy (non-hydrogen) atoms. The minimum absolute atomic E-state index is 0.0492. The van der Waals surface area contributed by atoms with Gasteiger partial charge in [-0.3, -0.25) is 0 Å². The highest BCUT2D eigenvalue weighted by Gasteiger charge is 2.34. The normalized spacial score (nSPS) is 17.8. The predicted octanol–water partition coefficient (Wildman–Crippen LogP) is 2.47. The zero-order valence-electron chi connectivity index (χ0n) is 12.6. The Morgan fingerprint density at radius 3 is 2.71 bits per heavy atom. The monoisotopic (exact) mass is 329 g/mol. The van der Waals surface area contributed by atoms with Crippen molar-refractivity contribution in [3.8, 4) is 0 Å². The van der Waals surface area contributed by atoms with Gasteiger partial charge in [0.05, 0.1) is 0 Å². The van der Waals surface area contributed by atoms with E-state index >= 15 is 0 Å². The van der Waals surface area contributed by atoms with Crippen LogP contribution >= 0.6 is 11.8 Å². The van der Waals surface area contributed by atoms with Crippen molar-refractivity contribution in [2.24, 2.45) is 0 Å². The van der Waals surface area contributed by atoms with E-state index < -0.39 is 10.0 Å². The van der Waals surface area contributed by atoms with Gasteiger partial charge in [-0.15, -0.1) is 0 Å². The van der Waals surface area contributed by atoms with E-state index in [0.29, 0.717) is 18.9 Å². The Hall–Kier alpha value is -0.790. The van der Waals surface area contributed by atoms with Crippen LogP contribution in [0, 0.1) is 0 Å². The number of rotatable bonds is 7. The van der Waals surface area contributed by atoms with Crippen LogP contribution in [0.2, 0.25) is 0 Å². The first-order chi connectivity index (χ1) is 10.0. The van der Waals surface area contributed by atoms with Crippen LogP contribution in [-0.2, 0) is 10.0 Å². The number of pyridine rings is 1. The number of nitrogens with zero attached hydrogens (tertiary/aromatic N) is 1. The van der Waals surface area contributed by atoms with Gasteiger partial charge >= 0.3 is 0 Å². The second-order valence-electron chi connectivity index (χ2n) is 5.30. The van der Waals surface area contributed by atoms with Gasteiger partial charge < -0.3 is 5.32 Å². The molecule has 0 bridgehead atoms. The molecule has 0 amide bonds. The molecule has 0 saturated heterocycles. The fraction of sp³-hybridized carbons (Fsp3) is 0.643. The van der Waals surface area contributed by atoms with Crippen LogP contribution in [0.3, 0.4) is 0 Å². The van der Waals surface area contributed by atoms with Gasteiger partial charge in [-0.2, -0.15) is 11.8 Å². The first-order valence-electron chi connectivity index (χ1n) is 7.27. The van der Waals surface area contributed by atoms with Gasteiger partial charge in [0.2, 0.25) is 10.0 Å². The molecule has 1 saturated carbocycles. The second-order valence-corrected chi connectivity index (χ2v) is 8.31. The summed E-state index contributed by atoms with van der Waals surface area (Å²) in [6.07, 6.45) is 8.16. The number of anilines is 1. The summed E-state index contributed by atoms with van der Waals surface area (Å²) in [7, 11) is -3.54. The largest absolute Gasteiger partial charge is 0.369 e. The molecule has 118 valence electrons. The molecule has 0 aliphatic heterocycles. The van der Waals surface area contributed by atoms with Crippen LogP contribution in [0.15, 0.2) is 23.2 Å². The number of sulfonamides is 1. The Balaban J connectivity index is 2.15. The van der Waals surface area contributed by atoms with E-state index in [9.17, 15) is 8.42 Å². The lowest BCUT2D eigenvalue weighted by Gasteiger charge is -2.27. The van der Waals surface area contributed by atoms with Crippen molar-refractivity contribution >= 4 is 27.6 Å². The van der Waals surface area contributed by atoms with Gasteiger partial charge in [0, 0.05) is 24.0 Å². The van der Waals surface area contributed by atoms with Crippen molar-refractivity contribution in [2.75, 3.05) is 24.7 Å². The lowest BCUT2D eigenvalue weighted by molar-refractivity contribution is 0.551. The van der Waals surface area contributed by atoms with E-state index in [1.807, 2.05) is 6.92 Å². The maximum Gasteiger partial charge on any atom is 0.244 e. The highest BCUT2D eigenvalue weighted by atomic mass is 32.2. The van der Waals surface area contributed by atoms with E-state index in [2.05, 4.69) is 21.3 Å². The molecule has 0 unspecified atom stereocenters. The van der Waals surface area contributed by atoms with Crippen molar-refractivity contribution in [3.63, 3.8) is 0 Å². The number of hydrogen-bond acceptors (Lipinski definition) is 5. The lowest BCUT2D eigenvalue weighted by Crippen LogP contribution is -2.38. The Labute approximate surface area is 131 Å². The van der Waals surface area contributed by atoms with E-state index in [1.165, 1.54) is 12.8 Å². The van der Waals surface area contributed by atoms with Crippen molar-refractivity contribution in [1.29, 1.82) is 0 Å². The van der Waals surface area contributed by atoms with Crippen LogP contribution in [0.4, 0.5) is 5.82 Å². The van der Waals surface area contributed by atoms with Crippen LogP contribution in [-0.4, -0.2) is 37.5 Å². The van der Waals surface area contributed by atoms with Gasteiger partial charge in [0.1, 0.15) is 10.7 Å². The molecule has 2 N–H and O–H groups in total. The predicted molar refractivity (Wildman–Crippen MR) is 88.3 cm³/mol. The molecule has 1 aliphatic carbocycles.